The second-order valence-electron chi connectivity index (χ2n) is 6.29. The lowest BCUT2D eigenvalue weighted by Crippen LogP contribution is -3.00. The van der Waals surface area contributed by atoms with Crippen molar-refractivity contribution < 1.29 is 24.0 Å². The van der Waals surface area contributed by atoms with Gasteiger partial charge in [-0.3, -0.25) is 0 Å². The Bertz CT molecular complexity index is 951. The minimum absolute atomic E-state index is 0. The van der Waals surface area contributed by atoms with Gasteiger partial charge < -0.3 is 28.9 Å². The van der Waals surface area contributed by atoms with Crippen LogP contribution in [0.25, 0.3) is 0 Å². The minimum Gasteiger partial charge on any atom is -1.00 e. The van der Waals surface area contributed by atoms with Gasteiger partial charge in [0, 0.05) is 12.7 Å². The first-order valence-electron chi connectivity index (χ1n) is 9.07. The molecule has 0 saturated carbocycles. The van der Waals surface area contributed by atoms with Crippen molar-refractivity contribution >= 4 is 22.3 Å². The molecule has 0 aliphatic rings. The molecular formula is C25H22INS. The molecule has 0 unspecified atom stereocenters. The van der Waals surface area contributed by atoms with Crippen LogP contribution >= 0.6 is 0 Å². The molecule has 0 aromatic heterocycles. The summed E-state index contributed by atoms with van der Waals surface area (Å²) >= 11 is 0. The maximum absolute atomic E-state index is 2.28. The van der Waals surface area contributed by atoms with Crippen LogP contribution in [0.5, 0.6) is 0 Å². The summed E-state index contributed by atoms with van der Waals surface area (Å²) in [5, 5.41) is 0. The van der Waals surface area contributed by atoms with Crippen molar-refractivity contribution in [3.63, 3.8) is 0 Å². The monoisotopic (exact) mass is 495 g/mol. The molecule has 140 valence electrons. The first-order valence-corrected chi connectivity index (χ1v) is 10.3. The fourth-order valence-electron chi connectivity index (χ4n) is 3.20. The van der Waals surface area contributed by atoms with Gasteiger partial charge in [-0.15, -0.1) is 0 Å². The molecule has 0 atom stereocenters. The molecule has 4 rings (SSSR count). The van der Waals surface area contributed by atoms with Gasteiger partial charge in [0.25, 0.3) is 0 Å². The molecule has 0 saturated heterocycles. The molecule has 4 aromatic carbocycles. The minimum atomic E-state index is -0.162. The summed E-state index contributed by atoms with van der Waals surface area (Å²) in [5.74, 6) is 0. The molecule has 0 heterocycles. The number of para-hydroxylation sites is 2. The van der Waals surface area contributed by atoms with Crippen molar-refractivity contribution in [3.8, 4) is 0 Å². The van der Waals surface area contributed by atoms with Crippen LogP contribution in [0.15, 0.2) is 130 Å². The summed E-state index contributed by atoms with van der Waals surface area (Å²) in [6, 6.07) is 40.9. The fourth-order valence-corrected chi connectivity index (χ4v) is 5.47. The molecule has 0 amide bonds. The first kappa shape index (κ1) is 20.5. The second-order valence-corrected chi connectivity index (χ2v) is 8.29. The van der Waals surface area contributed by atoms with Gasteiger partial charge in [-0.25, -0.2) is 0 Å². The zero-order chi connectivity index (χ0) is 18.5. The van der Waals surface area contributed by atoms with E-state index < -0.39 is 0 Å². The zero-order valence-electron chi connectivity index (χ0n) is 15.7. The fraction of sp³-hybridized carbons (Fsp3) is 0.0400. The quantitative estimate of drug-likeness (QED) is 0.303. The highest BCUT2D eigenvalue weighted by Gasteiger charge is 2.32. The summed E-state index contributed by atoms with van der Waals surface area (Å²) in [4.78, 5) is 6.28. The Morgan fingerprint density at radius 1 is 0.536 bits per heavy atom. The number of hydrogen-bond acceptors (Lipinski definition) is 1. The van der Waals surface area contributed by atoms with Gasteiger partial charge in [-0.1, -0.05) is 66.7 Å². The predicted molar refractivity (Wildman–Crippen MR) is 116 cm³/mol. The van der Waals surface area contributed by atoms with E-state index in [-0.39, 0.29) is 34.9 Å². The average Bonchev–Trinajstić information content (AvgIpc) is 2.76. The van der Waals surface area contributed by atoms with Crippen molar-refractivity contribution in [3.05, 3.63) is 115 Å². The number of nitrogens with zero attached hydrogens (tertiary/aromatic N) is 1. The molecule has 0 spiro atoms. The Morgan fingerprint density at radius 2 is 0.964 bits per heavy atom. The third-order valence-corrected chi connectivity index (χ3v) is 6.82. The highest BCUT2D eigenvalue weighted by Crippen LogP contribution is 2.38. The molecule has 4 aromatic rings. The highest BCUT2D eigenvalue weighted by molar-refractivity contribution is 7.97. The second kappa shape index (κ2) is 9.80. The van der Waals surface area contributed by atoms with E-state index in [1.165, 1.54) is 26.1 Å². The van der Waals surface area contributed by atoms with Gasteiger partial charge >= 0.3 is 0 Å². The Hall–Kier alpha value is -2.24. The third-order valence-electron chi connectivity index (χ3n) is 4.55. The van der Waals surface area contributed by atoms with Gasteiger partial charge in [-0.2, -0.15) is 0 Å². The summed E-state index contributed by atoms with van der Waals surface area (Å²) < 4.78 is 0. The van der Waals surface area contributed by atoms with E-state index in [2.05, 4.69) is 127 Å². The van der Waals surface area contributed by atoms with Crippen LogP contribution < -0.4 is 28.9 Å². The molecule has 0 aliphatic heterocycles. The number of anilines is 2. The van der Waals surface area contributed by atoms with E-state index in [1.54, 1.807) is 0 Å². The topological polar surface area (TPSA) is 3.24 Å². The van der Waals surface area contributed by atoms with E-state index in [1.807, 2.05) is 0 Å². The molecular weight excluding hydrogens is 473 g/mol. The molecule has 0 N–H and O–H groups in total. The molecule has 3 heteroatoms. The van der Waals surface area contributed by atoms with Gasteiger partial charge in [0.05, 0.1) is 5.69 Å². The lowest BCUT2D eigenvalue weighted by Gasteiger charge is -2.22. The van der Waals surface area contributed by atoms with Crippen LogP contribution in [0.2, 0.25) is 0 Å². The molecule has 28 heavy (non-hydrogen) atoms. The number of hydrogen-bond donors (Lipinski definition) is 0. The van der Waals surface area contributed by atoms with Crippen molar-refractivity contribution in [1.29, 1.82) is 0 Å². The maximum Gasteiger partial charge on any atom is 0.190 e. The summed E-state index contributed by atoms with van der Waals surface area (Å²) in [7, 11) is 1.98. The normalized spacial score (nSPS) is 10.4. The van der Waals surface area contributed by atoms with Crippen LogP contribution in [-0.4, -0.2) is 7.05 Å². The van der Waals surface area contributed by atoms with Crippen molar-refractivity contribution in [1.82, 2.24) is 0 Å². The van der Waals surface area contributed by atoms with Crippen molar-refractivity contribution in [2.24, 2.45) is 0 Å². The van der Waals surface area contributed by atoms with Crippen molar-refractivity contribution in [2.45, 2.75) is 14.7 Å². The summed E-state index contributed by atoms with van der Waals surface area (Å²) in [5.41, 5.74) is 2.43. The largest absolute Gasteiger partial charge is 1.00 e. The van der Waals surface area contributed by atoms with E-state index in [0.717, 1.165) is 0 Å². The summed E-state index contributed by atoms with van der Waals surface area (Å²) in [6.45, 7) is 0. The molecule has 0 fully saturated rings. The summed E-state index contributed by atoms with van der Waals surface area (Å²) in [6.07, 6.45) is 0. The van der Waals surface area contributed by atoms with E-state index in [9.17, 15) is 0 Å². The highest BCUT2D eigenvalue weighted by atomic mass is 127. The van der Waals surface area contributed by atoms with Gasteiger partial charge in [-0.05, 0) is 48.5 Å². The molecule has 1 nitrogen and oxygen atoms in total. The smallest absolute Gasteiger partial charge is 0.190 e. The van der Waals surface area contributed by atoms with Crippen molar-refractivity contribution in [2.75, 3.05) is 11.9 Å². The maximum atomic E-state index is 2.28. The van der Waals surface area contributed by atoms with E-state index >= 15 is 0 Å². The molecule has 0 bridgehead atoms. The first-order chi connectivity index (χ1) is 13.3. The van der Waals surface area contributed by atoms with Crippen LogP contribution in [0, 0.1) is 0 Å². The van der Waals surface area contributed by atoms with Crippen LogP contribution in [0.4, 0.5) is 11.4 Å². The standard InChI is InChI=1S/C25H22NS.HI/c1-26(21-13-5-2-6-14-21)24-19-11-12-20-25(24)27(22-15-7-3-8-16-22)23-17-9-4-10-18-23;/h2-20H,1H3;1H/q+1;/p-1. The number of rotatable bonds is 5. The van der Waals surface area contributed by atoms with Crippen LogP contribution in [0.1, 0.15) is 0 Å². The number of benzene rings is 4. The third kappa shape index (κ3) is 4.42. The van der Waals surface area contributed by atoms with Gasteiger partial charge in [0.2, 0.25) is 0 Å². The van der Waals surface area contributed by atoms with Gasteiger partial charge in [0.1, 0.15) is 10.9 Å². The Balaban J connectivity index is 0.00000225. The van der Waals surface area contributed by atoms with E-state index in [4.69, 9.17) is 0 Å². The van der Waals surface area contributed by atoms with Crippen LogP contribution in [0.3, 0.4) is 0 Å². The average molecular weight is 495 g/mol. The van der Waals surface area contributed by atoms with Gasteiger partial charge in [0.15, 0.2) is 14.7 Å². The Kier molecular flexibility index (Phi) is 7.18. The Morgan fingerprint density at radius 3 is 1.50 bits per heavy atom. The molecule has 0 aliphatic carbocycles. The van der Waals surface area contributed by atoms with E-state index in [0.29, 0.717) is 0 Å². The zero-order valence-corrected chi connectivity index (χ0v) is 18.7. The lowest BCUT2D eigenvalue weighted by atomic mass is 10.2. The van der Waals surface area contributed by atoms with Crippen LogP contribution in [-0.2, 0) is 10.9 Å². The SMILES string of the molecule is CN(c1ccccc1)c1ccccc1[S+](c1ccccc1)c1ccccc1.[I-]. The number of halogens is 1. The Labute approximate surface area is 187 Å². The predicted octanol–water partition coefficient (Wildman–Crippen LogP) is 3.55. The lowest BCUT2D eigenvalue weighted by molar-refractivity contribution is -0.00000528. The molecule has 0 radical (unpaired) electrons.